The van der Waals surface area contributed by atoms with E-state index < -0.39 is 0 Å². The van der Waals surface area contributed by atoms with Crippen LogP contribution in [0.4, 0.5) is 0 Å². The molecule has 0 amide bonds. The van der Waals surface area contributed by atoms with Crippen LogP contribution in [0, 0.1) is 17.8 Å². The fourth-order valence-corrected chi connectivity index (χ4v) is 4.00. The molecular weight excluding hydrogens is 204 g/mol. The van der Waals surface area contributed by atoms with Crippen LogP contribution in [-0.4, -0.2) is 0 Å². The van der Waals surface area contributed by atoms with Gasteiger partial charge in [0.15, 0.2) is 0 Å². The van der Waals surface area contributed by atoms with Gasteiger partial charge in [-0.25, -0.2) is 0 Å². The number of fused-ring (bicyclic) bond motifs is 3. The lowest BCUT2D eigenvalue weighted by Crippen LogP contribution is -2.39. The minimum atomic E-state index is 0.503. The highest BCUT2D eigenvalue weighted by atomic mass is 14.5. The van der Waals surface area contributed by atoms with Crippen molar-refractivity contribution in [1.29, 1.82) is 0 Å². The van der Waals surface area contributed by atoms with Crippen molar-refractivity contribution in [3.05, 3.63) is 6.92 Å². The van der Waals surface area contributed by atoms with Crippen LogP contribution in [0.5, 0.6) is 0 Å². The van der Waals surface area contributed by atoms with E-state index in [1.54, 1.807) is 0 Å². The maximum atomic E-state index is 4.45. The van der Waals surface area contributed by atoms with Gasteiger partial charge < -0.3 is 0 Å². The van der Waals surface area contributed by atoms with E-state index in [2.05, 4.69) is 13.8 Å². The molecule has 99 valence electrons. The molecule has 3 fully saturated rings. The standard InChI is InChI=1S/C17H31/c1-3-4-5-6-7-8-9-17-13-10-16(2,11-14-17)12-15-17/h2-15H2,1H3. The Morgan fingerprint density at radius 1 is 0.765 bits per heavy atom. The number of hydrogen-bond acceptors (Lipinski definition) is 0. The van der Waals surface area contributed by atoms with E-state index in [1.165, 1.54) is 83.5 Å². The Labute approximate surface area is 109 Å². The Hall–Kier alpha value is 0. The van der Waals surface area contributed by atoms with Crippen molar-refractivity contribution in [2.75, 3.05) is 0 Å². The average molecular weight is 235 g/mol. The van der Waals surface area contributed by atoms with Crippen molar-refractivity contribution < 1.29 is 0 Å². The molecule has 0 aromatic heterocycles. The van der Waals surface area contributed by atoms with Gasteiger partial charge in [0.2, 0.25) is 0 Å². The Morgan fingerprint density at radius 3 is 1.88 bits per heavy atom. The number of rotatable bonds is 7. The molecule has 3 aliphatic carbocycles. The van der Waals surface area contributed by atoms with Gasteiger partial charge in [-0.3, -0.25) is 0 Å². The van der Waals surface area contributed by atoms with Gasteiger partial charge in [-0.2, -0.15) is 0 Å². The monoisotopic (exact) mass is 235 g/mol. The highest BCUT2D eigenvalue weighted by Crippen LogP contribution is 2.58. The van der Waals surface area contributed by atoms with Gasteiger partial charge in [-0.15, -0.1) is 0 Å². The minimum absolute atomic E-state index is 0.503. The normalized spacial score (nSPS) is 36.4. The van der Waals surface area contributed by atoms with E-state index in [0.717, 1.165) is 5.41 Å². The summed E-state index contributed by atoms with van der Waals surface area (Å²) in [6, 6.07) is 0. The average Bonchev–Trinajstić information content (AvgIpc) is 2.36. The Kier molecular flexibility index (Phi) is 4.55. The minimum Gasteiger partial charge on any atom is -0.0654 e. The lowest BCUT2D eigenvalue weighted by molar-refractivity contribution is 0.0114. The van der Waals surface area contributed by atoms with Crippen LogP contribution < -0.4 is 0 Å². The van der Waals surface area contributed by atoms with Gasteiger partial charge >= 0.3 is 0 Å². The summed E-state index contributed by atoms with van der Waals surface area (Å²) >= 11 is 0. The van der Waals surface area contributed by atoms with Crippen molar-refractivity contribution in [3.63, 3.8) is 0 Å². The summed E-state index contributed by atoms with van der Waals surface area (Å²) in [5.74, 6) is 0. The van der Waals surface area contributed by atoms with Crippen LogP contribution in [-0.2, 0) is 0 Å². The third kappa shape index (κ3) is 3.48. The summed E-state index contributed by atoms with van der Waals surface area (Å²) < 4.78 is 0. The van der Waals surface area contributed by atoms with Crippen LogP contribution in [0.3, 0.4) is 0 Å². The summed E-state index contributed by atoms with van der Waals surface area (Å²) in [4.78, 5) is 0. The van der Waals surface area contributed by atoms with E-state index in [4.69, 9.17) is 0 Å². The molecule has 0 spiro atoms. The highest BCUT2D eigenvalue weighted by molar-refractivity contribution is 5.00. The van der Waals surface area contributed by atoms with Crippen LogP contribution in [0.2, 0.25) is 0 Å². The van der Waals surface area contributed by atoms with Gasteiger partial charge in [-0.05, 0) is 62.7 Å². The van der Waals surface area contributed by atoms with Crippen LogP contribution in [0.15, 0.2) is 0 Å². The smallest absolute Gasteiger partial charge is 0.0297 e. The first-order chi connectivity index (χ1) is 8.18. The zero-order valence-electron chi connectivity index (χ0n) is 11.9. The SMILES string of the molecule is [CH2]C12CCC(CCCCCCCC)(CC1)CC2. The molecule has 17 heavy (non-hydrogen) atoms. The number of unbranched alkanes of at least 4 members (excludes halogenated alkanes) is 5. The molecule has 2 bridgehead atoms. The highest BCUT2D eigenvalue weighted by Gasteiger charge is 2.45. The molecule has 0 saturated heterocycles. The van der Waals surface area contributed by atoms with E-state index in [-0.39, 0.29) is 0 Å². The molecule has 0 unspecified atom stereocenters. The summed E-state index contributed by atoms with van der Waals surface area (Å²) in [6.45, 7) is 6.75. The van der Waals surface area contributed by atoms with E-state index >= 15 is 0 Å². The first-order valence-electron chi connectivity index (χ1n) is 8.04. The largest absolute Gasteiger partial charge is 0.0654 e. The van der Waals surface area contributed by atoms with Gasteiger partial charge in [0, 0.05) is 0 Å². The molecule has 3 rings (SSSR count). The molecule has 0 heteroatoms. The zero-order valence-corrected chi connectivity index (χ0v) is 11.9. The Bertz CT molecular complexity index is 204. The maximum absolute atomic E-state index is 4.45. The predicted molar refractivity (Wildman–Crippen MR) is 75.9 cm³/mol. The first-order valence-corrected chi connectivity index (χ1v) is 8.04. The second kappa shape index (κ2) is 5.76. The summed E-state index contributed by atoms with van der Waals surface area (Å²) in [7, 11) is 0. The molecule has 0 aromatic rings. The van der Waals surface area contributed by atoms with Crippen LogP contribution in [0.1, 0.15) is 90.4 Å². The summed E-state index contributed by atoms with van der Waals surface area (Å²) in [5, 5.41) is 0. The third-order valence-corrected chi connectivity index (χ3v) is 5.62. The van der Waals surface area contributed by atoms with E-state index in [1.807, 2.05) is 0 Å². The molecule has 0 atom stereocenters. The first kappa shape index (κ1) is 13.4. The maximum Gasteiger partial charge on any atom is -0.0297 e. The molecule has 3 aliphatic rings. The zero-order chi connectivity index (χ0) is 12.2. The van der Waals surface area contributed by atoms with E-state index in [0.29, 0.717) is 5.41 Å². The molecule has 0 aliphatic heterocycles. The molecule has 1 radical (unpaired) electrons. The lowest BCUT2D eigenvalue weighted by atomic mass is 9.53. The van der Waals surface area contributed by atoms with Gasteiger partial charge in [-0.1, -0.05) is 45.4 Å². The van der Waals surface area contributed by atoms with Crippen LogP contribution >= 0.6 is 0 Å². The van der Waals surface area contributed by atoms with Gasteiger partial charge in [0.1, 0.15) is 0 Å². The van der Waals surface area contributed by atoms with Gasteiger partial charge in [0.25, 0.3) is 0 Å². The Morgan fingerprint density at radius 2 is 1.29 bits per heavy atom. The molecular formula is C17H31. The Balaban J connectivity index is 1.62. The molecule has 0 nitrogen and oxygen atoms in total. The summed E-state index contributed by atoms with van der Waals surface area (Å²) in [5.41, 5.74) is 1.27. The van der Waals surface area contributed by atoms with Crippen molar-refractivity contribution >= 4 is 0 Å². The third-order valence-electron chi connectivity index (χ3n) is 5.62. The fraction of sp³-hybridized carbons (Fsp3) is 0.941. The molecule has 0 heterocycles. The van der Waals surface area contributed by atoms with Crippen molar-refractivity contribution in [2.24, 2.45) is 10.8 Å². The molecule has 0 aromatic carbocycles. The quantitative estimate of drug-likeness (QED) is 0.481. The second-order valence-electron chi connectivity index (χ2n) is 7.02. The van der Waals surface area contributed by atoms with E-state index in [9.17, 15) is 0 Å². The molecule has 3 saturated carbocycles. The lowest BCUT2D eigenvalue weighted by Gasteiger charge is -2.52. The number of hydrogen-bond donors (Lipinski definition) is 0. The summed E-state index contributed by atoms with van der Waals surface area (Å²) in [6.07, 6.45) is 19.0. The molecule has 0 N–H and O–H groups in total. The van der Waals surface area contributed by atoms with Gasteiger partial charge in [0.05, 0.1) is 0 Å². The van der Waals surface area contributed by atoms with Crippen molar-refractivity contribution in [2.45, 2.75) is 90.4 Å². The predicted octanol–water partition coefficient (Wildman–Crippen LogP) is 5.91. The second-order valence-corrected chi connectivity index (χ2v) is 7.02. The van der Waals surface area contributed by atoms with Crippen molar-refractivity contribution in [1.82, 2.24) is 0 Å². The van der Waals surface area contributed by atoms with Crippen molar-refractivity contribution in [3.8, 4) is 0 Å². The fourth-order valence-electron chi connectivity index (χ4n) is 4.00. The topological polar surface area (TPSA) is 0 Å². The van der Waals surface area contributed by atoms with Crippen LogP contribution in [0.25, 0.3) is 0 Å².